The maximum Gasteiger partial charge on any atom is 0.279 e. The third-order valence-electron chi connectivity index (χ3n) is 6.56. The highest BCUT2D eigenvalue weighted by Gasteiger charge is 2.39. The second-order valence-electron chi connectivity index (χ2n) is 8.87. The first-order valence-electron chi connectivity index (χ1n) is 11.1. The smallest absolute Gasteiger partial charge is 0.279 e. The molecule has 1 atom stereocenters. The van der Waals surface area contributed by atoms with E-state index < -0.39 is 70.0 Å². The number of nitrogens with zero attached hydrogens (tertiary/aromatic N) is 2. The van der Waals surface area contributed by atoms with E-state index in [0.717, 1.165) is 30.5 Å². The lowest BCUT2D eigenvalue weighted by atomic mass is 10.0. The molecular weight excluding hydrogens is 482 g/mol. The molecule has 11 heteroatoms. The molecule has 0 fully saturated rings. The van der Waals surface area contributed by atoms with Crippen LogP contribution in [0.3, 0.4) is 0 Å². The van der Waals surface area contributed by atoms with Crippen LogP contribution in [-0.2, 0) is 13.0 Å². The van der Waals surface area contributed by atoms with E-state index in [1.807, 2.05) is 0 Å². The van der Waals surface area contributed by atoms with Gasteiger partial charge in [-0.2, -0.15) is 0 Å². The standard InChI is InChI=1S/C25H19F4N3O4/c1-11-4-16(26)14(17(27)5-11)8-30-24(35)15-10-31-13-3-2-12-6-18(28)19(29)7-20(12)32(9-13)25(36)21(31)23(34)22(15)33/h4-7,10,13,34H,2-3,8-9H2,1H3,(H,30,35). The van der Waals surface area contributed by atoms with Gasteiger partial charge in [-0.05, 0) is 49.1 Å². The third-order valence-corrected chi connectivity index (χ3v) is 6.56. The highest BCUT2D eigenvalue weighted by Crippen LogP contribution is 2.38. The number of aromatic nitrogens is 1. The summed E-state index contributed by atoms with van der Waals surface area (Å²) < 4.78 is 57.3. The fourth-order valence-corrected chi connectivity index (χ4v) is 4.74. The van der Waals surface area contributed by atoms with E-state index in [0.29, 0.717) is 17.5 Å². The Balaban J connectivity index is 1.51. The molecule has 7 nitrogen and oxygen atoms in total. The number of halogens is 4. The summed E-state index contributed by atoms with van der Waals surface area (Å²) in [5, 5.41) is 12.9. The predicted octanol–water partition coefficient (Wildman–Crippen LogP) is 3.50. The fourth-order valence-electron chi connectivity index (χ4n) is 4.74. The number of benzene rings is 2. The lowest BCUT2D eigenvalue weighted by Gasteiger charge is -2.35. The average molecular weight is 501 g/mol. The Bertz CT molecular complexity index is 1500. The molecule has 2 amide bonds. The van der Waals surface area contributed by atoms with E-state index in [1.54, 1.807) is 0 Å². The Labute approximate surface area is 201 Å². The van der Waals surface area contributed by atoms with Gasteiger partial charge in [0.2, 0.25) is 5.43 Å². The maximum absolute atomic E-state index is 14.1. The van der Waals surface area contributed by atoms with Gasteiger partial charge < -0.3 is 19.9 Å². The number of rotatable bonds is 3. The van der Waals surface area contributed by atoms with E-state index in [9.17, 15) is 37.1 Å². The van der Waals surface area contributed by atoms with Gasteiger partial charge in [0, 0.05) is 30.9 Å². The first-order valence-corrected chi connectivity index (χ1v) is 11.1. The van der Waals surface area contributed by atoms with Crippen molar-refractivity contribution in [3.05, 3.63) is 91.9 Å². The van der Waals surface area contributed by atoms with Crippen molar-refractivity contribution < 1.29 is 32.3 Å². The summed E-state index contributed by atoms with van der Waals surface area (Å²) in [6.07, 6.45) is 1.71. The van der Waals surface area contributed by atoms with Crippen molar-refractivity contribution in [2.75, 3.05) is 11.4 Å². The van der Waals surface area contributed by atoms with E-state index in [4.69, 9.17) is 0 Å². The number of hydrogen-bond acceptors (Lipinski definition) is 4. The topological polar surface area (TPSA) is 91.6 Å². The minimum atomic E-state index is -1.15. The molecule has 2 bridgehead atoms. The Morgan fingerprint density at radius 1 is 1.06 bits per heavy atom. The number of carbonyl (C=O) groups excluding carboxylic acids is 2. The molecule has 2 N–H and O–H groups in total. The van der Waals surface area contributed by atoms with Crippen LogP contribution in [0, 0.1) is 30.2 Å². The molecule has 2 aliphatic heterocycles. The zero-order valence-electron chi connectivity index (χ0n) is 18.9. The molecule has 1 aromatic heterocycles. The molecule has 3 heterocycles. The van der Waals surface area contributed by atoms with Crippen LogP contribution in [0.25, 0.3) is 0 Å². The SMILES string of the molecule is Cc1cc(F)c(CNC(=O)c2cn3c(c(O)c2=O)C(=O)N2CC3CCc3cc(F)c(F)cc32)c(F)c1. The number of hydrogen-bond donors (Lipinski definition) is 2. The second-order valence-corrected chi connectivity index (χ2v) is 8.87. The van der Waals surface area contributed by atoms with Gasteiger partial charge in [0.15, 0.2) is 23.1 Å². The zero-order valence-corrected chi connectivity index (χ0v) is 18.9. The van der Waals surface area contributed by atoms with Gasteiger partial charge in [-0.1, -0.05) is 0 Å². The normalized spacial score (nSPS) is 16.3. The van der Waals surface area contributed by atoms with Crippen molar-refractivity contribution in [2.45, 2.75) is 32.4 Å². The first-order chi connectivity index (χ1) is 17.1. The minimum Gasteiger partial charge on any atom is -0.503 e. The first kappa shape index (κ1) is 23.6. The van der Waals surface area contributed by atoms with Crippen LogP contribution in [-0.4, -0.2) is 28.0 Å². The second kappa shape index (κ2) is 8.51. The molecule has 2 aliphatic rings. The van der Waals surface area contributed by atoms with E-state index in [2.05, 4.69) is 5.32 Å². The number of carbonyl (C=O) groups is 2. The molecule has 0 radical (unpaired) electrons. The summed E-state index contributed by atoms with van der Waals surface area (Å²) in [7, 11) is 0. The summed E-state index contributed by atoms with van der Waals surface area (Å²) in [6, 6.07) is 3.59. The molecule has 1 unspecified atom stereocenters. The fraction of sp³-hybridized carbons (Fsp3) is 0.240. The summed E-state index contributed by atoms with van der Waals surface area (Å²) in [6.45, 7) is 0.987. The lowest BCUT2D eigenvalue weighted by Crippen LogP contribution is -2.44. The van der Waals surface area contributed by atoms with Gasteiger partial charge in [-0.3, -0.25) is 14.4 Å². The van der Waals surface area contributed by atoms with Crippen LogP contribution >= 0.6 is 0 Å². The van der Waals surface area contributed by atoms with Crippen molar-refractivity contribution >= 4 is 17.5 Å². The monoisotopic (exact) mass is 501 g/mol. The van der Waals surface area contributed by atoms with Crippen LogP contribution in [0.2, 0.25) is 0 Å². The van der Waals surface area contributed by atoms with Crippen molar-refractivity contribution in [2.24, 2.45) is 0 Å². The van der Waals surface area contributed by atoms with Crippen LogP contribution in [0.1, 0.15) is 50.0 Å². The summed E-state index contributed by atoms with van der Waals surface area (Å²) in [5.41, 5.74) is -1.58. The summed E-state index contributed by atoms with van der Waals surface area (Å²) in [4.78, 5) is 40.0. The van der Waals surface area contributed by atoms with Gasteiger partial charge >= 0.3 is 0 Å². The van der Waals surface area contributed by atoms with E-state index >= 15 is 0 Å². The predicted molar refractivity (Wildman–Crippen MR) is 120 cm³/mol. The number of anilines is 1. The molecule has 2 aromatic carbocycles. The van der Waals surface area contributed by atoms with Crippen molar-refractivity contribution in [1.29, 1.82) is 0 Å². The molecule has 186 valence electrons. The van der Waals surface area contributed by atoms with Gasteiger partial charge in [0.1, 0.15) is 17.2 Å². The molecule has 36 heavy (non-hydrogen) atoms. The molecule has 0 aliphatic carbocycles. The van der Waals surface area contributed by atoms with Crippen LogP contribution in [0.4, 0.5) is 23.2 Å². The molecule has 3 aromatic rings. The zero-order chi connectivity index (χ0) is 25.9. The largest absolute Gasteiger partial charge is 0.503 e. The molecule has 0 spiro atoms. The number of fused-ring (bicyclic) bond motifs is 6. The Hall–Kier alpha value is -4.15. The average Bonchev–Trinajstić information content (AvgIpc) is 2.97. The third kappa shape index (κ3) is 3.71. The summed E-state index contributed by atoms with van der Waals surface area (Å²) in [5.74, 6) is -6.73. The highest BCUT2D eigenvalue weighted by molar-refractivity contribution is 6.08. The van der Waals surface area contributed by atoms with Crippen molar-refractivity contribution in [3.63, 3.8) is 0 Å². The lowest BCUT2D eigenvalue weighted by molar-refractivity contribution is 0.0929. The molecule has 0 saturated carbocycles. The van der Waals surface area contributed by atoms with E-state index in [-0.39, 0.29) is 24.3 Å². The molecule has 5 rings (SSSR count). The number of amides is 2. The van der Waals surface area contributed by atoms with Gasteiger partial charge in [-0.25, -0.2) is 17.6 Å². The Morgan fingerprint density at radius 3 is 2.42 bits per heavy atom. The van der Waals surface area contributed by atoms with Gasteiger partial charge in [0.25, 0.3) is 11.8 Å². The molecule has 0 saturated heterocycles. The number of pyridine rings is 1. The molecular formula is C25H19F4N3O4. The van der Waals surface area contributed by atoms with Gasteiger partial charge in [0.05, 0.1) is 11.7 Å². The minimum absolute atomic E-state index is 0.0348. The Morgan fingerprint density at radius 2 is 1.72 bits per heavy atom. The summed E-state index contributed by atoms with van der Waals surface area (Å²) >= 11 is 0. The number of aryl methyl sites for hydroxylation is 2. The number of aromatic hydroxyl groups is 1. The van der Waals surface area contributed by atoms with E-state index in [1.165, 1.54) is 16.4 Å². The Kier molecular flexibility index (Phi) is 5.57. The van der Waals surface area contributed by atoms with Crippen LogP contribution in [0.15, 0.2) is 35.3 Å². The van der Waals surface area contributed by atoms with Crippen molar-refractivity contribution in [1.82, 2.24) is 9.88 Å². The van der Waals surface area contributed by atoms with Crippen LogP contribution < -0.4 is 15.6 Å². The van der Waals surface area contributed by atoms with Gasteiger partial charge in [-0.15, -0.1) is 0 Å². The number of nitrogens with one attached hydrogen (secondary N) is 1. The highest BCUT2D eigenvalue weighted by atomic mass is 19.2. The van der Waals surface area contributed by atoms with Crippen molar-refractivity contribution in [3.8, 4) is 5.75 Å². The maximum atomic E-state index is 14.1. The van der Waals surface area contributed by atoms with Crippen LogP contribution in [0.5, 0.6) is 5.75 Å². The quantitative estimate of drug-likeness (QED) is 0.538.